The fraction of sp³-hybridized carbons (Fsp3) is 0.667. The molecule has 2 aliphatic heterocycles. The number of nitrogens with zero attached hydrogens (tertiary/aromatic N) is 1. The number of imide groups is 1. The minimum atomic E-state index is -1.88. The first kappa shape index (κ1) is 13.1. The van der Waals surface area contributed by atoms with Crippen LogP contribution in [0.15, 0.2) is 4.99 Å². The normalized spacial score (nSPS) is 44.2. The first-order chi connectivity index (χ1) is 8.40. The van der Waals surface area contributed by atoms with Crippen molar-refractivity contribution in [1.82, 2.24) is 5.32 Å². The number of aliphatic imine (C=N–C) groups is 1. The largest absolute Gasteiger partial charge is 0.394 e. The summed E-state index contributed by atoms with van der Waals surface area (Å²) in [4.78, 5) is 25.9. The molecule has 0 aromatic rings. The van der Waals surface area contributed by atoms with Crippen LogP contribution in [0.25, 0.3) is 0 Å². The zero-order chi connectivity index (χ0) is 13.5. The van der Waals surface area contributed by atoms with Gasteiger partial charge in [-0.3, -0.25) is 10.1 Å². The van der Waals surface area contributed by atoms with E-state index in [1.165, 1.54) is 0 Å². The van der Waals surface area contributed by atoms with Crippen LogP contribution in [0.4, 0.5) is 4.79 Å². The van der Waals surface area contributed by atoms with Crippen molar-refractivity contribution in [3.05, 3.63) is 0 Å². The van der Waals surface area contributed by atoms with Crippen molar-refractivity contribution in [2.24, 2.45) is 10.7 Å². The lowest BCUT2D eigenvalue weighted by Crippen LogP contribution is -2.68. The van der Waals surface area contributed by atoms with Crippen molar-refractivity contribution in [3.63, 3.8) is 0 Å². The summed E-state index contributed by atoms with van der Waals surface area (Å²) >= 11 is 0. The molecular weight excluding hydrogens is 246 g/mol. The number of aliphatic hydroxyl groups is 3. The predicted molar refractivity (Wildman–Crippen MR) is 56.7 cm³/mol. The molecule has 3 amide bonds. The van der Waals surface area contributed by atoms with E-state index >= 15 is 0 Å². The highest BCUT2D eigenvalue weighted by Gasteiger charge is 2.55. The zero-order valence-electron chi connectivity index (χ0n) is 9.18. The summed E-state index contributed by atoms with van der Waals surface area (Å²) in [6, 6.07) is -0.868. The summed E-state index contributed by atoms with van der Waals surface area (Å²) in [5.41, 5.74) is 3.87. The van der Waals surface area contributed by atoms with E-state index in [4.69, 9.17) is 15.6 Å². The highest BCUT2D eigenvalue weighted by atomic mass is 16.6. The van der Waals surface area contributed by atoms with Crippen LogP contribution < -0.4 is 11.1 Å². The molecule has 0 saturated carbocycles. The van der Waals surface area contributed by atoms with Crippen LogP contribution in [0.5, 0.6) is 0 Å². The Balaban J connectivity index is 2.29. The number of amides is 3. The van der Waals surface area contributed by atoms with E-state index in [9.17, 15) is 19.8 Å². The molecule has 0 radical (unpaired) electrons. The number of hydrogen-bond donors (Lipinski definition) is 5. The molecule has 0 aromatic carbocycles. The molecule has 2 heterocycles. The smallest absolute Gasteiger partial charge is 0.347 e. The van der Waals surface area contributed by atoms with Gasteiger partial charge in [0.1, 0.15) is 24.4 Å². The van der Waals surface area contributed by atoms with E-state index in [2.05, 4.69) is 4.99 Å². The number of ether oxygens (including phenoxy) is 1. The first-order valence-corrected chi connectivity index (χ1v) is 5.22. The second-order valence-electron chi connectivity index (χ2n) is 4.21. The maximum atomic E-state index is 11.7. The van der Waals surface area contributed by atoms with Gasteiger partial charge in [-0.1, -0.05) is 0 Å². The highest BCUT2D eigenvalue weighted by Crippen LogP contribution is 2.28. The summed E-state index contributed by atoms with van der Waals surface area (Å²) < 4.78 is 5.14. The second-order valence-corrected chi connectivity index (χ2v) is 4.21. The topological polar surface area (TPSA) is 154 Å². The number of aliphatic hydroxyl groups excluding tert-OH is 3. The number of hydrogen-bond acceptors (Lipinski definition) is 7. The van der Waals surface area contributed by atoms with Crippen LogP contribution in [0.3, 0.4) is 0 Å². The van der Waals surface area contributed by atoms with E-state index in [1.807, 2.05) is 5.32 Å². The van der Waals surface area contributed by atoms with Gasteiger partial charge in [-0.2, -0.15) is 0 Å². The average molecular weight is 259 g/mol. The minimum absolute atomic E-state index is 0.539. The Morgan fingerprint density at radius 1 is 1.44 bits per heavy atom. The Morgan fingerprint density at radius 3 is 2.61 bits per heavy atom. The predicted octanol–water partition coefficient (Wildman–Crippen LogP) is -3.51. The van der Waals surface area contributed by atoms with Gasteiger partial charge in [-0.25, -0.2) is 9.79 Å². The van der Waals surface area contributed by atoms with Crippen molar-refractivity contribution < 1.29 is 29.6 Å². The van der Waals surface area contributed by atoms with Crippen LogP contribution in [0, 0.1) is 0 Å². The number of urea groups is 1. The van der Waals surface area contributed by atoms with Gasteiger partial charge < -0.3 is 25.8 Å². The average Bonchev–Trinajstić information content (AvgIpc) is 2.62. The monoisotopic (exact) mass is 259 g/mol. The van der Waals surface area contributed by atoms with Crippen LogP contribution in [0.1, 0.15) is 0 Å². The maximum Gasteiger partial charge on any atom is 0.347 e. The van der Waals surface area contributed by atoms with Crippen molar-refractivity contribution in [2.75, 3.05) is 6.61 Å². The van der Waals surface area contributed by atoms with Crippen LogP contribution in [0.2, 0.25) is 0 Å². The fourth-order valence-corrected chi connectivity index (χ4v) is 1.96. The van der Waals surface area contributed by atoms with Gasteiger partial charge in [0.25, 0.3) is 5.91 Å². The van der Waals surface area contributed by atoms with E-state index < -0.39 is 48.5 Å². The number of carbonyl (C=O) groups is 2. The van der Waals surface area contributed by atoms with Gasteiger partial charge >= 0.3 is 6.03 Å². The van der Waals surface area contributed by atoms with Crippen LogP contribution in [-0.2, 0) is 9.53 Å². The molecule has 9 heteroatoms. The van der Waals surface area contributed by atoms with Gasteiger partial charge in [0.2, 0.25) is 0 Å². The Labute approximate surface area is 101 Å². The minimum Gasteiger partial charge on any atom is -0.394 e. The highest BCUT2D eigenvalue weighted by molar-refractivity contribution is 6.16. The third-order valence-electron chi connectivity index (χ3n) is 3.02. The molecule has 9 nitrogen and oxygen atoms in total. The lowest BCUT2D eigenvalue weighted by molar-refractivity contribution is -0.130. The summed E-state index contributed by atoms with van der Waals surface area (Å²) in [7, 11) is 0. The third-order valence-corrected chi connectivity index (χ3v) is 3.02. The summed E-state index contributed by atoms with van der Waals surface area (Å²) in [5.74, 6) is -0.891. The van der Waals surface area contributed by atoms with Crippen molar-refractivity contribution in [3.8, 4) is 0 Å². The molecule has 1 saturated heterocycles. The number of nitrogens with one attached hydrogen (secondary N) is 1. The summed E-state index contributed by atoms with van der Waals surface area (Å²) in [6.45, 7) is -0.539. The fourth-order valence-electron chi connectivity index (χ4n) is 1.96. The van der Waals surface area contributed by atoms with Gasteiger partial charge in [-0.05, 0) is 0 Å². The molecule has 2 rings (SSSR count). The number of rotatable bonds is 2. The zero-order valence-corrected chi connectivity index (χ0v) is 9.18. The maximum absolute atomic E-state index is 11.7. The number of carbonyl (C=O) groups excluding carboxylic acids is 2. The van der Waals surface area contributed by atoms with Gasteiger partial charge in [0.05, 0.1) is 6.61 Å². The third kappa shape index (κ3) is 1.82. The van der Waals surface area contributed by atoms with Crippen molar-refractivity contribution in [1.29, 1.82) is 0 Å². The second kappa shape index (κ2) is 4.37. The molecular formula is C9H13N3O6. The van der Waals surface area contributed by atoms with E-state index in [0.29, 0.717) is 0 Å². The summed E-state index contributed by atoms with van der Waals surface area (Å²) in [6.07, 6.45) is -4.34. The lowest BCUT2D eigenvalue weighted by atomic mass is 9.88. The van der Waals surface area contributed by atoms with Crippen molar-refractivity contribution in [2.45, 2.75) is 30.0 Å². The van der Waals surface area contributed by atoms with E-state index in [1.54, 1.807) is 0 Å². The van der Waals surface area contributed by atoms with Gasteiger partial charge in [-0.15, -0.1) is 0 Å². The first-order valence-electron chi connectivity index (χ1n) is 5.22. The summed E-state index contributed by atoms with van der Waals surface area (Å²) in [5, 5.41) is 30.2. The number of nitrogens with two attached hydrogens (primary N) is 1. The molecule has 6 N–H and O–H groups in total. The molecule has 1 unspecified atom stereocenters. The molecule has 18 heavy (non-hydrogen) atoms. The Hall–Kier alpha value is -1.39. The molecule has 1 fully saturated rings. The van der Waals surface area contributed by atoms with Gasteiger partial charge in [0, 0.05) is 6.21 Å². The van der Waals surface area contributed by atoms with Crippen molar-refractivity contribution >= 4 is 18.2 Å². The molecule has 0 bridgehead atoms. The van der Waals surface area contributed by atoms with Gasteiger partial charge in [0.15, 0.2) is 5.54 Å². The van der Waals surface area contributed by atoms with Crippen LogP contribution >= 0.6 is 0 Å². The molecule has 5 atom stereocenters. The van der Waals surface area contributed by atoms with E-state index in [0.717, 1.165) is 6.21 Å². The van der Waals surface area contributed by atoms with E-state index in [-0.39, 0.29) is 0 Å². The SMILES string of the molecule is NC1([C@@H]2O[C@H](CO)[C@@H](O)[C@H]2O)C=NC(=O)NC1=O. The Kier molecular flexibility index (Phi) is 3.17. The molecule has 100 valence electrons. The molecule has 0 spiro atoms. The molecule has 0 aromatic heterocycles. The molecule has 0 aliphatic carbocycles. The Morgan fingerprint density at radius 2 is 2.11 bits per heavy atom. The lowest BCUT2D eigenvalue weighted by Gasteiger charge is -2.32. The molecule has 2 aliphatic rings. The van der Waals surface area contributed by atoms with Crippen LogP contribution in [-0.4, -0.2) is 70.0 Å². The standard InChI is InChI=1S/C9H13N3O6/c10-9(2-11-8(17)12-7(9)16)6-5(15)4(14)3(1-13)18-6/h2-6,13-15H,1,10H2,(H,12,16,17)/t3-,4-,5-,6-,9?/m1/s1. The Bertz CT molecular complexity index is 413. The quantitative estimate of drug-likeness (QED) is 0.344.